The van der Waals surface area contributed by atoms with E-state index in [9.17, 15) is 4.79 Å². The highest BCUT2D eigenvalue weighted by Crippen LogP contribution is 2.29. The quantitative estimate of drug-likeness (QED) is 0.715. The molecular weight excluding hydrogens is 376 g/mol. The van der Waals surface area contributed by atoms with Gasteiger partial charge >= 0.3 is 0 Å². The summed E-state index contributed by atoms with van der Waals surface area (Å²) in [5, 5.41) is 0. The molecule has 1 aromatic carbocycles. The average Bonchev–Trinajstić information content (AvgIpc) is 2.83. The van der Waals surface area contributed by atoms with E-state index in [4.69, 9.17) is 4.74 Å². The van der Waals surface area contributed by atoms with Crippen LogP contribution in [0.1, 0.15) is 18.4 Å². The lowest BCUT2D eigenvalue weighted by Crippen LogP contribution is -2.55. The van der Waals surface area contributed by atoms with Gasteiger partial charge < -0.3 is 14.5 Å². The number of piperidine rings is 1. The number of piperazine rings is 1. The molecule has 6 heteroatoms. The first-order valence-electron chi connectivity index (χ1n) is 10.7. The number of carbonyl (C=O) groups is 1. The zero-order chi connectivity index (χ0) is 20.8. The summed E-state index contributed by atoms with van der Waals surface area (Å²) in [5.41, 5.74) is 2.12. The monoisotopic (exact) mass is 406 g/mol. The fraction of sp³-hybridized carbons (Fsp3) is 0.417. The maximum absolute atomic E-state index is 12.7. The van der Waals surface area contributed by atoms with Crippen molar-refractivity contribution in [2.45, 2.75) is 18.9 Å². The van der Waals surface area contributed by atoms with Crippen LogP contribution in [0.2, 0.25) is 0 Å². The van der Waals surface area contributed by atoms with E-state index in [0.717, 1.165) is 63.4 Å². The van der Waals surface area contributed by atoms with Crippen LogP contribution >= 0.6 is 0 Å². The number of ether oxygens (including phenoxy) is 1. The van der Waals surface area contributed by atoms with Gasteiger partial charge in [-0.15, -0.1) is 0 Å². The number of pyridine rings is 1. The predicted molar refractivity (Wildman–Crippen MR) is 120 cm³/mol. The summed E-state index contributed by atoms with van der Waals surface area (Å²) < 4.78 is 5.53. The fourth-order valence-electron chi connectivity index (χ4n) is 4.42. The minimum absolute atomic E-state index is 0.0937. The van der Waals surface area contributed by atoms with Crippen LogP contribution < -0.4 is 9.64 Å². The Morgan fingerprint density at radius 3 is 2.70 bits per heavy atom. The molecular formula is C24H30N4O2. The summed E-state index contributed by atoms with van der Waals surface area (Å²) in [6, 6.07) is 12.5. The molecule has 0 radical (unpaired) electrons. The lowest BCUT2D eigenvalue weighted by Gasteiger charge is -2.44. The van der Waals surface area contributed by atoms with Gasteiger partial charge in [0, 0.05) is 63.8 Å². The summed E-state index contributed by atoms with van der Waals surface area (Å²) in [5.74, 6) is 1.03. The number of benzene rings is 1. The van der Waals surface area contributed by atoms with Gasteiger partial charge in [-0.1, -0.05) is 18.2 Å². The first-order valence-corrected chi connectivity index (χ1v) is 10.7. The zero-order valence-electron chi connectivity index (χ0n) is 17.6. The molecule has 0 N–H and O–H groups in total. The van der Waals surface area contributed by atoms with E-state index < -0.39 is 0 Å². The van der Waals surface area contributed by atoms with Gasteiger partial charge in [-0.25, -0.2) is 0 Å². The van der Waals surface area contributed by atoms with Gasteiger partial charge in [-0.05, 0) is 42.7 Å². The number of hydrogen-bond donors (Lipinski definition) is 0. The van der Waals surface area contributed by atoms with Gasteiger partial charge in [-0.3, -0.25) is 14.7 Å². The van der Waals surface area contributed by atoms with Crippen molar-refractivity contribution in [3.63, 3.8) is 0 Å². The molecule has 0 spiro atoms. The summed E-state index contributed by atoms with van der Waals surface area (Å²) in [4.78, 5) is 23.7. The van der Waals surface area contributed by atoms with Gasteiger partial charge in [0.05, 0.1) is 12.8 Å². The van der Waals surface area contributed by atoms with Crippen LogP contribution in [0.3, 0.4) is 0 Å². The number of likely N-dealkylation sites (tertiary alicyclic amines) is 1. The van der Waals surface area contributed by atoms with Crippen LogP contribution in [0.25, 0.3) is 6.08 Å². The third-order valence-electron chi connectivity index (χ3n) is 6.07. The Labute approximate surface area is 178 Å². The number of rotatable bonds is 5. The molecule has 2 aromatic rings. The fourth-order valence-corrected chi connectivity index (χ4v) is 4.42. The van der Waals surface area contributed by atoms with E-state index in [1.54, 1.807) is 25.6 Å². The van der Waals surface area contributed by atoms with Crippen LogP contribution in [0, 0.1) is 0 Å². The van der Waals surface area contributed by atoms with Crippen LogP contribution in [0.15, 0.2) is 54.9 Å². The van der Waals surface area contributed by atoms with Crippen LogP contribution in [-0.4, -0.2) is 73.1 Å². The Morgan fingerprint density at radius 2 is 1.93 bits per heavy atom. The van der Waals surface area contributed by atoms with Crippen LogP contribution in [0.4, 0.5) is 5.69 Å². The van der Waals surface area contributed by atoms with E-state index in [2.05, 4.69) is 26.9 Å². The lowest BCUT2D eigenvalue weighted by molar-refractivity contribution is -0.128. The molecule has 2 aliphatic heterocycles. The van der Waals surface area contributed by atoms with Gasteiger partial charge in [0.2, 0.25) is 5.91 Å². The van der Waals surface area contributed by atoms with Crippen molar-refractivity contribution in [3.8, 4) is 5.75 Å². The maximum atomic E-state index is 12.7. The molecule has 30 heavy (non-hydrogen) atoms. The number of amides is 1. The van der Waals surface area contributed by atoms with Gasteiger partial charge in [0.1, 0.15) is 5.75 Å². The molecule has 2 saturated heterocycles. The highest BCUT2D eigenvalue weighted by Gasteiger charge is 2.29. The topological polar surface area (TPSA) is 48.9 Å². The van der Waals surface area contributed by atoms with Crippen molar-refractivity contribution in [2.75, 3.05) is 51.3 Å². The number of aromatic nitrogens is 1. The van der Waals surface area contributed by atoms with E-state index >= 15 is 0 Å². The summed E-state index contributed by atoms with van der Waals surface area (Å²) in [6.45, 7) is 5.63. The molecule has 0 bridgehead atoms. The number of para-hydroxylation sites is 2. The zero-order valence-corrected chi connectivity index (χ0v) is 17.6. The summed E-state index contributed by atoms with van der Waals surface area (Å²) in [6.07, 6.45) is 9.25. The molecule has 4 rings (SSSR count). The van der Waals surface area contributed by atoms with E-state index in [0.29, 0.717) is 6.04 Å². The maximum Gasteiger partial charge on any atom is 0.246 e. The SMILES string of the molecule is COc1ccccc1N1CCN([C@@H]2CCCN(C(=O)/C=C/c3cccnc3)C2)CC1. The Kier molecular flexibility index (Phi) is 6.64. The smallest absolute Gasteiger partial charge is 0.246 e. The van der Waals surface area contributed by atoms with Crippen molar-refractivity contribution in [2.24, 2.45) is 0 Å². The molecule has 2 aliphatic rings. The second-order valence-corrected chi connectivity index (χ2v) is 7.89. The minimum atomic E-state index is 0.0937. The second-order valence-electron chi connectivity index (χ2n) is 7.89. The van der Waals surface area contributed by atoms with E-state index in [-0.39, 0.29) is 5.91 Å². The van der Waals surface area contributed by atoms with Gasteiger partial charge in [-0.2, -0.15) is 0 Å². The molecule has 6 nitrogen and oxygen atoms in total. The molecule has 1 amide bonds. The Hall–Kier alpha value is -2.86. The molecule has 1 atom stereocenters. The molecule has 158 valence electrons. The molecule has 0 unspecified atom stereocenters. The third kappa shape index (κ3) is 4.82. The highest BCUT2D eigenvalue weighted by atomic mass is 16.5. The van der Waals surface area contributed by atoms with E-state index in [1.165, 1.54) is 5.69 Å². The second kappa shape index (κ2) is 9.76. The number of carbonyl (C=O) groups excluding carboxylic acids is 1. The van der Waals surface area contributed by atoms with Crippen LogP contribution in [-0.2, 0) is 4.79 Å². The normalized spacial score (nSPS) is 20.5. The largest absolute Gasteiger partial charge is 0.495 e. The van der Waals surface area contributed by atoms with Crippen molar-refractivity contribution in [3.05, 3.63) is 60.4 Å². The van der Waals surface area contributed by atoms with Crippen molar-refractivity contribution in [1.82, 2.24) is 14.8 Å². The molecule has 3 heterocycles. The molecule has 1 aromatic heterocycles. The number of hydrogen-bond acceptors (Lipinski definition) is 5. The minimum Gasteiger partial charge on any atom is -0.495 e. The predicted octanol–water partition coefficient (Wildman–Crippen LogP) is 2.92. The van der Waals surface area contributed by atoms with E-state index in [1.807, 2.05) is 35.2 Å². The van der Waals surface area contributed by atoms with Gasteiger partial charge in [0.15, 0.2) is 0 Å². The Bertz CT molecular complexity index is 863. The highest BCUT2D eigenvalue weighted by molar-refractivity contribution is 5.91. The Balaban J connectivity index is 1.32. The van der Waals surface area contributed by atoms with Crippen molar-refractivity contribution >= 4 is 17.7 Å². The third-order valence-corrected chi connectivity index (χ3v) is 6.07. The van der Waals surface area contributed by atoms with Crippen molar-refractivity contribution in [1.29, 1.82) is 0 Å². The molecule has 0 saturated carbocycles. The molecule has 0 aliphatic carbocycles. The first-order chi connectivity index (χ1) is 14.7. The Morgan fingerprint density at radius 1 is 1.10 bits per heavy atom. The number of anilines is 1. The molecule has 2 fully saturated rings. The summed E-state index contributed by atoms with van der Waals surface area (Å²) in [7, 11) is 1.73. The summed E-state index contributed by atoms with van der Waals surface area (Å²) >= 11 is 0. The van der Waals surface area contributed by atoms with Crippen LogP contribution in [0.5, 0.6) is 5.75 Å². The van der Waals surface area contributed by atoms with Crippen molar-refractivity contribution < 1.29 is 9.53 Å². The van der Waals surface area contributed by atoms with Gasteiger partial charge in [0.25, 0.3) is 0 Å². The number of nitrogens with zero attached hydrogens (tertiary/aromatic N) is 4. The average molecular weight is 407 g/mol. The number of methoxy groups -OCH3 is 1. The lowest BCUT2D eigenvalue weighted by atomic mass is 10.0. The standard InChI is InChI=1S/C24H30N4O2/c1-30-23-9-3-2-8-22(23)27-16-14-26(15-17-27)21-7-5-13-28(19-21)24(29)11-10-20-6-4-12-25-18-20/h2-4,6,8-12,18,21H,5,7,13-17,19H2,1H3/b11-10+/t21-/m1/s1. The first kappa shape index (κ1) is 20.4.